The second-order valence-corrected chi connectivity index (χ2v) is 10.5. The largest absolute Gasteiger partial charge is 0.497 e. The highest BCUT2D eigenvalue weighted by molar-refractivity contribution is 6.05. The number of H-pyrrole nitrogens is 1. The van der Waals surface area contributed by atoms with Crippen molar-refractivity contribution < 1.29 is 32.2 Å². The van der Waals surface area contributed by atoms with Crippen LogP contribution in [0, 0.1) is 0 Å². The number of aromatic nitrogens is 3. The highest BCUT2D eigenvalue weighted by Crippen LogP contribution is 2.34. The fourth-order valence-corrected chi connectivity index (χ4v) is 5.33. The molecule has 0 atom stereocenters. The highest BCUT2D eigenvalue weighted by Gasteiger charge is 2.33. The van der Waals surface area contributed by atoms with Gasteiger partial charge in [-0.2, -0.15) is 13.2 Å². The Morgan fingerprint density at radius 1 is 1.04 bits per heavy atom. The van der Waals surface area contributed by atoms with Crippen molar-refractivity contribution in [1.29, 1.82) is 0 Å². The summed E-state index contributed by atoms with van der Waals surface area (Å²) in [6, 6.07) is 15.9. The van der Waals surface area contributed by atoms with Crippen molar-refractivity contribution in [2.24, 2.45) is 0 Å². The first-order chi connectivity index (χ1) is 22.2. The van der Waals surface area contributed by atoms with Gasteiger partial charge < -0.3 is 24.5 Å². The van der Waals surface area contributed by atoms with Crippen LogP contribution in [0.4, 0.5) is 24.7 Å². The van der Waals surface area contributed by atoms with E-state index in [1.165, 1.54) is 17.2 Å². The molecule has 0 saturated heterocycles. The molecule has 236 valence electrons. The van der Waals surface area contributed by atoms with E-state index in [4.69, 9.17) is 19.2 Å². The molecule has 2 N–H and O–H groups in total. The maximum absolute atomic E-state index is 13.6. The summed E-state index contributed by atoms with van der Waals surface area (Å²) in [5, 5.41) is 4.29. The van der Waals surface area contributed by atoms with Crippen LogP contribution in [-0.4, -0.2) is 35.1 Å². The normalized spacial score (nSPS) is 12.5. The number of fused-ring (bicyclic) bond motifs is 3. The molecular formula is C33H28F3N5O5. The molecule has 4 heterocycles. The van der Waals surface area contributed by atoms with Crippen molar-refractivity contribution in [3.05, 3.63) is 117 Å². The van der Waals surface area contributed by atoms with Gasteiger partial charge in [-0.05, 0) is 53.6 Å². The summed E-state index contributed by atoms with van der Waals surface area (Å²) >= 11 is 0. The van der Waals surface area contributed by atoms with Crippen molar-refractivity contribution in [1.82, 2.24) is 15.0 Å². The zero-order chi connectivity index (χ0) is 32.4. The lowest BCUT2D eigenvalue weighted by molar-refractivity contribution is -0.141. The Balaban J connectivity index is 1.34. The topological polar surface area (TPSA) is 119 Å². The molecule has 0 fully saturated rings. The summed E-state index contributed by atoms with van der Waals surface area (Å²) in [7, 11) is 3.17. The molecule has 1 aliphatic rings. The lowest BCUT2D eigenvalue weighted by Gasteiger charge is -2.22. The molecule has 5 aromatic rings. The molecule has 0 unspecified atom stereocenters. The van der Waals surface area contributed by atoms with Gasteiger partial charge in [0.2, 0.25) is 0 Å². The van der Waals surface area contributed by atoms with E-state index in [-0.39, 0.29) is 17.8 Å². The number of halogens is 3. The summed E-state index contributed by atoms with van der Waals surface area (Å²) < 4.78 is 55.9. The maximum atomic E-state index is 13.6. The zero-order valence-electron chi connectivity index (χ0n) is 24.8. The molecule has 2 aromatic carbocycles. The van der Waals surface area contributed by atoms with E-state index < -0.39 is 23.3 Å². The number of anilines is 2. The summed E-state index contributed by atoms with van der Waals surface area (Å²) in [6.45, 7) is 1.14. The monoisotopic (exact) mass is 631 g/mol. The van der Waals surface area contributed by atoms with Gasteiger partial charge in [-0.25, -0.2) is 4.98 Å². The van der Waals surface area contributed by atoms with Crippen LogP contribution in [0.3, 0.4) is 0 Å². The second-order valence-electron chi connectivity index (χ2n) is 10.5. The number of nitrogens with one attached hydrogen (secondary N) is 2. The number of ether oxygens (including phenoxy) is 3. The molecule has 0 aliphatic carbocycles. The lowest BCUT2D eigenvalue weighted by Crippen LogP contribution is -2.34. The minimum Gasteiger partial charge on any atom is -0.497 e. The molecule has 0 radical (unpaired) electrons. The van der Waals surface area contributed by atoms with Crippen LogP contribution in [0.2, 0.25) is 0 Å². The van der Waals surface area contributed by atoms with Crippen LogP contribution >= 0.6 is 0 Å². The van der Waals surface area contributed by atoms with Gasteiger partial charge in [0.25, 0.3) is 11.5 Å². The van der Waals surface area contributed by atoms with Crippen LogP contribution in [0.15, 0.2) is 77.9 Å². The molecule has 13 heteroatoms. The average molecular weight is 632 g/mol. The van der Waals surface area contributed by atoms with E-state index in [1.807, 2.05) is 30.3 Å². The van der Waals surface area contributed by atoms with Crippen LogP contribution in [0.1, 0.15) is 38.3 Å². The molecule has 10 nitrogen and oxygen atoms in total. The fourth-order valence-electron chi connectivity index (χ4n) is 5.33. The Bertz CT molecular complexity index is 1980. The third-order valence-electron chi connectivity index (χ3n) is 7.68. The smallest absolute Gasteiger partial charge is 0.433 e. The van der Waals surface area contributed by atoms with E-state index >= 15 is 0 Å². The van der Waals surface area contributed by atoms with Gasteiger partial charge in [0, 0.05) is 41.5 Å². The predicted molar refractivity (Wildman–Crippen MR) is 164 cm³/mol. The Hall–Kier alpha value is -5.43. The van der Waals surface area contributed by atoms with Crippen LogP contribution in [0.5, 0.6) is 11.5 Å². The third kappa shape index (κ3) is 6.09. The molecule has 0 spiro atoms. The van der Waals surface area contributed by atoms with Gasteiger partial charge >= 0.3 is 6.18 Å². The molecule has 0 bridgehead atoms. The minimum atomic E-state index is -4.66. The average Bonchev–Trinajstić information content (AvgIpc) is 3.56. The minimum absolute atomic E-state index is 0.0265. The van der Waals surface area contributed by atoms with Crippen molar-refractivity contribution in [2.75, 3.05) is 24.4 Å². The van der Waals surface area contributed by atoms with E-state index in [0.29, 0.717) is 48.2 Å². The number of methoxy groups -OCH3 is 2. The molecule has 6 rings (SSSR count). The number of carbonyl (C=O) groups excluding carboxylic acids is 1. The molecule has 46 heavy (non-hydrogen) atoms. The van der Waals surface area contributed by atoms with E-state index in [1.54, 1.807) is 26.4 Å². The first kappa shape index (κ1) is 30.6. The Morgan fingerprint density at radius 3 is 2.59 bits per heavy atom. The second kappa shape index (κ2) is 12.5. The van der Waals surface area contributed by atoms with Crippen molar-refractivity contribution in [2.45, 2.75) is 32.5 Å². The molecular weight excluding hydrogens is 603 g/mol. The van der Waals surface area contributed by atoms with Gasteiger partial charge in [0.05, 0.1) is 45.1 Å². The summed E-state index contributed by atoms with van der Waals surface area (Å²) in [4.78, 5) is 38.5. The van der Waals surface area contributed by atoms with Crippen LogP contribution < -0.4 is 25.2 Å². The highest BCUT2D eigenvalue weighted by atomic mass is 19.4. The summed E-state index contributed by atoms with van der Waals surface area (Å²) in [6.07, 6.45) is -2.38. The number of hydrogen-bond acceptors (Lipinski definition) is 8. The van der Waals surface area contributed by atoms with Crippen molar-refractivity contribution in [3.63, 3.8) is 0 Å². The summed E-state index contributed by atoms with van der Waals surface area (Å²) in [5.41, 5.74) is 2.36. The lowest BCUT2D eigenvalue weighted by atomic mass is 10.0. The number of hydrogen-bond donors (Lipinski definition) is 2. The van der Waals surface area contributed by atoms with Crippen molar-refractivity contribution in [3.8, 4) is 11.5 Å². The first-order valence-electron chi connectivity index (χ1n) is 14.2. The third-order valence-corrected chi connectivity index (χ3v) is 7.68. The van der Waals surface area contributed by atoms with Gasteiger partial charge in [-0.1, -0.05) is 12.1 Å². The van der Waals surface area contributed by atoms with E-state index in [0.717, 1.165) is 40.4 Å². The van der Waals surface area contributed by atoms with Gasteiger partial charge in [0.15, 0.2) is 0 Å². The number of carbonyl (C=O) groups is 1. The van der Waals surface area contributed by atoms with Gasteiger partial charge in [0.1, 0.15) is 28.7 Å². The molecule has 3 aromatic heterocycles. The maximum Gasteiger partial charge on any atom is 0.433 e. The van der Waals surface area contributed by atoms with Gasteiger partial charge in [-0.3, -0.25) is 19.5 Å². The van der Waals surface area contributed by atoms with E-state index in [2.05, 4.69) is 15.3 Å². The van der Waals surface area contributed by atoms with E-state index in [9.17, 15) is 22.8 Å². The Kier molecular flexibility index (Phi) is 8.33. The first-order valence-corrected chi connectivity index (χ1v) is 14.2. The fraction of sp³-hybridized carbons (Fsp3) is 0.212. The number of aromatic amines is 1. The Morgan fingerprint density at radius 2 is 1.87 bits per heavy atom. The quantitative estimate of drug-likeness (QED) is 0.208. The van der Waals surface area contributed by atoms with Crippen molar-refractivity contribution >= 4 is 28.3 Å². The molecule has 1 aliphatic heterocycles. The van der Waals surface area contributed by atoms with Crippen LogP contribution in [0.25, 0.3) is 10.9 Å². The number of benzene rings is 2. The van der Waals surface area contributed by atoms with Crippen LogP contribution in [-0.2, 0) is 37.2 Å². The predicted octanol–water partition coefficient (Wildman–Crippen LogP) is 5.84. The zero-order valence-corrected chi connectivity index (χ0v) is 24.8. The SMILES string of the molecule is COc1ccc(CNc2nc3cc(CN(C(=O)c4ccc(C(F)(F)F)nc4)c4ccc[nH]c4=O)ccc3c3c2COC3)c(OC)c1. The molecule has 0 saturated carbocycles. The standard InChI is InChI=1S/C33H28F3N5O5/c1-44-22-8-6-20(28(13-22)45-2)14-39-30-25-18-46-17-24(25)23-9-5-19(12-26(23)40-30)16-41(27-4-3-11-37-31(27)42)32(43)21-7-10-29(38-15-21)33(34,35)36/h3-13,15H,14,16-18H2,1-2H3,(H,37,42)(H,39,40). The Labute approximate surface area is 260 Å². The number of alkyl halides is 3. The number of rotatable bonds is 9. The molecule has 1 amide bonds. The number of pyridine rings is 3. The number of nitrogens with zero attached hydrogens (tertiary/aromatic N) is 3. The summed E-state index contributed by atoms with van der Waals surface area (Å²) in [5.74, 6) is 1.28. The van der Waals surface area contributed by atoms with Gasteiger partial charge in [-0.15, -0.1) is 0 Å². The number of amides is 1.